The van der Waals surface area contributed by atoms with Gasteiger partial charge in [0.2, 0.25) is 17.4 Å². The van der Waals surface area contributed by atoms with Crippen molar-refractivity contribution in [1.29, 1.82) is 0 Å². The minimum Gasteiger partial charge on any atom is -0.379 e. The quantitative estimate of drug-likeness (QED) is 0.852. The average Bonchev–Trinajstić information content (AvgIpc) is 3.26. The largest absolute Gasteiger partial charge is 0.379 e. The summed E-state index contributed by atoms with van der Waals surface area (Å²) in [6, 6.07) is 10.0. The molecule has 0 aliphatic carbocycles. The first-order valence-electron chi connectivity index (χ1n) is 10.3. The van der Waals surface area contributed by atoms with Crippen LogP contribution in [0.15, 0.2) is 35.0 Å². The van der Waals surface area contributed by atoms with Gasteiger partial charge in [-0.3, -0.25) is 9.59 Å². The van der Waals surface area contributed by atoms with Crippen LogP contribution in [0.4, 0.5) is 5.82 Å². The van der Waals surface area contributed by atoms with Gasteiger partial charge < -0.3 is 15.5 Å². The molecule has 1 aromatic carbocycles. The van der Waals surface area contributed by atoms with Crippen LogP contribution >= 0.6 is 0 Å². The third-order valence-corrected chi connectivity index (χ3v) is 6.18. The lowest BCUT2D eigenvalue weighted by Crippen LogP contribution is -2.50. The Hall–Kier alpha value is -2.90. The molecule has 3 atom stereocenters. The van der Waals surface area contributed by atoms with Crippen LogP contribution < -0.4 is 5.73 Å². The van der Waals surface area contributed by atoms with Crippen molar-refractivity contribution in [3.8, 4) is 0 Å². The molecule has 2 aliphatic rings. The van der Waals surface area contributed by atoms with Crippen molar-refractivity contribution in [2.24, 2.45) is 0 Å². The highest BCUT2D eigenvalue weighted by atomic mass is 16.6. The van der Waals surface area contributed by atoms with E-state index in [0.29, 0.717) is 0 Å². The van der Waals surface area contributed by atoms with Crippen LogP contribution in [0, 0.1) is 0 Å². The minimum atomic E-state index is -0.263. The number of likely N-dealkylation sites (tertiary alicyclic amines) is 2. The minimum absolute atomic E-state index is 0.00572. The van der Waals surface area contributed by atoms with E-state index in [1.807, 2.05) is 28.0 Å². The van der Waals surface area contributed by atoms with E-state index < -0.39 is 0 Å². The molecule has 3 heterocycles. The Kier molecular flexibility index (Phi) is 5.51. The van der Waals surface area contributed by atoms with E-state index in [-0.39, 0.29) is 41.5 Å². The molecule has 0 saturated carbocycles. The molecule has 4 rings (SSSR count). The van der Waals surface area contributed by atoms with E-state index in [9.17, 15) is 9.59 Å². The normalized spacial score (nSPS) is 24.7. The molecule has 2 aliphatic heterocycles. The predicted octanol–water partition coefficient (Wildman–Crippen LogP) is 2.27. The summed E-state index contributed by atoms with van der Waals surface area (Å²) in [6.07, 6.45) is 5.40. The number of hydrogen-bond donors (Lipinski definition) is 1. The number of amides is 2. The number of anilines is 1. The van der Waals surface area contributed by atoms with Gasteiger partial charge in [-0.2, -0.15) is 0 Å². The van der Waals surface area contributed by atoms with Crippen molar-refractivity contribution in [3.05, 3.63) is 41.6 Å². The first kappa shape index (κ1) is 19.4. The molecule has 154 valence electrons. The van der Waals surface area contributed by atoms with Crippen molar-refractivity contribution in [2.75, 3.05) is 12.3 Å². The van der Waals surface area contributed by atoms with E-state index in [2.05, 4.69) is 27.1 Å². The SMILES string of the molecule is CC(=O)N1CCCCC[C@@H]2[C@@H]1C[C@@H](Cc1ccccc1)N2C(=O)c1nonc1N. The molecular weight excluding hydrogens is 370 g/mol. The van der Waals surface area contributed by atoms with Crippen LogP contribution in [-0.4, -0.2) is 56.6 Å². The lowest BCUT2D eigenvalue weighted by molar-refractivity contribution is -0.132. The lowest BCUT2D eigenvalue weighted by Gasteiger charge is -2.37. The average molecular weight is 397 g/mol. The summed E-state index contributed by atoms with van der Waals surface area (Å²) in [5.74, 6) is -0.190. The molecule has 2 amide bonds. The summed E-state index contributed by atoms with van der Waals surface area (Å²) in [7, 11) is 0. The molecule has 2 saturated heterocycles. The smallest absolute Gasteiger partial charge is 0.280 e. The number of nitrogen functional groups attached to an aromatic ring is 1. The van der Waals surface area contributed by atoms with E-state index >= 15 is 0 Å². The number of nitrogens with zero attached hydrogens (tertiary/aromatic N) is 4. The van der Waals surface area contributed by atoms with Crippen molar-refractivity contribution >= 4 is 17.6 Å². The summed E-state index contributed by atoms with van der Waals surface area (Å²) in [5.41, 5.74) is 7.04. The fourth-order valence-corrected chi connectivity index (χ4v) is 4.89. The van der Waals surface area contributed by atoms with E-state index in [0.717, 1.165) is 50.6 Å². The highest BCUT2D eigenvalue weighted by Crippen LogP contribution is 2.36. The fourth-order valence-electron chi connectivity index (χ4n) is 4.89. The topological polar surface area (TPSA) is 106 Å². The Balaban J connectivity index is 1.70. The van der Waals surface area contributed by atoms with E-state index in [1.54, 1.807) is 6.92 Å². The highest BCUT2D eigenvalue weighted by molar-refractivity contribution is 5.96. The first-order chi connectivity index (χ1) is 14.1. The number of fused-ring (bicyclic) bond motifs is 1. The second-order valence-corrected chi connectivity index (χ2v) is 7.99. The zero-order chi connectivity index (χ0) is 20.4. The van der Waals surface area contributed by atoms with Gasteiger partial charge in [-0.05, 0) is 41.6 Å². The molecule has 8 heteroatoms. The molecule has 29 heavy (non-hydrogen) atoms. The van der Waals surface area contributed by atoms with Crippen molar-refractivity contribution in [1.82, 2.24) is 20.1 Å². The molecule has 8 nitrogen and oxygen atoms in total. The van der Waals surface area contributed by atoms with Gasteiger partial charge in [0.1, 0.15) is 0 Å². The van der Waals surface area contributed by atoms with Gasteiger partial charge in [0.05, 0.1) is 12.1 Å². The van der Waals surface area contributed by atoms with Crippen LogP contribution in [0.3, 0.4) is 0 Å². The first-order valence-corrected chi connectivity index (χ1v) is 10.3. The molecule has 0 spiro atoms. The molecule has 2 aromatic rings. The maximum absolute atomic E-state index is 13.4. The zero-order valence-corrected chi connectivity index (χ0v) is 16.7. The third-order valence-electron chi connectivity index (χ3n) is 6.18. The van der Waals surface area contributed by atoms with Gasteiger partial charge in [0, 0.05) is 19.5 Å². The number of aromatic nitrogens is 2. The zero-order valence-electron chi connectivity index (χ0n) is 16.7. The van der Waals surface area contributed by atoms with E-state index in [1.165, 1.54) is 0 Å². The molecule has 2 fully saturated rings. The van der Waals surface area contributed by atoms with Gasteiger partial charge in [-0.25, -0.2) is 4.63 Å². The fraction of sp³-hybridized carbons (Fsp3) is 0.524. The van der Waals surface area contributed by atoms with Crippen molar-refractivity contribution in [3.63, 3.8) is 0 Å². The molecular formula is C21H27N5O3. The number of rotatable bonds is 3. The Bertz CT molecular complexity index is 868. The summed E-state index contributed by atoms with van der Waals surface area (Å²) in [5, 5.41) is 7.33. The number of hydrogen-bond acceptors (Lipinski definition) is 6. The highest BCUT2D eigenvalue weighted by Gasteiger charge is 2.47. The summed E-state index contributed by atoms with van der Waals surface area (Å²) < 4.78 is 4.68. The Morgan fingerprint density at radius 3 is 2.62 bits per heavy atom. The van der Waals surface area contributed by atoms with Crippen LogP contribution in [0.2, 0.25) is 0 Å². The van der Waals surface area contributed by atoms with Gasteiger partial charge in [0.25, 0.3) is 5.91 Å². The van der Waals surface area contributed by atoms with Crippen LogP contribution in [0.1, 0.15) is 55.1 Å². The lowest BCUT2D eigenvalue weighted by atomic mass is 9.96. The maximum Gasteiger partial charge on any atom is 0.280 e. The second kappa shape index (κ2) is 8.23. The molecule has 2 N–H and O–H groups in total. The summed E-state index contributed by atoms with van der Waals surface area (Å²) >= 11 is 0. The van der Waals surface area contributed by atoms with Crippen LogP contribution in [-0.2, 0) is 11.2 Å². The van der Waals surface area contributed by atoms with Crippen molar-refractivity contribution in [2.45, 2.75) is 63.6 Å². The summed E-state index contributed by atoms with van der Waals surface area (Å²) in [6.45, 7) is 2.36. The third kappa shape index (κ3) is 3.83. The number of benzene rings is 1. The number of nitrogens with two attached hydrogens (primary N) is 1. The van der Waals surface area contributed by atoms with E-state index in [4.69, 9.17) is 5.73 Å². The van der Waals surface area contributed by atoms with Gasteiger partial charge in [-0.1, -0.05) is 43.2 Å². The van der Waals surface area contributed by atoms with Gasteiger partial charge in [-0.15, -0.1) is 0 Å². The second-order valence-electron chi connectivity index (χ2n) is 7.99. The summed E-state index contributed by atoms with van der Waals surface area (Å²) in [4.78, 5) is 29.7. The van der Waals surface area contributed by atoms with Crippen LogP contribution in [0.25, 0.3) is 0 Å². The Morgan fingerprint density at radius 1 is 1.14 bits per heavy atom. The Morgan fingerprint density at radius 2 is 1.93 bits per heavy atom. The van der Waals surface area contributed by atoms with Gasteiger partial charge in [0.15, 0.2) is 0 Å². The predicted molar refractivity (Wildman–Crippen MR) is 107 cm³/mol. The van der Waals surface area contributed by atoms with Gasteiger partial charge >= 0.3 is 0 Å². The number of carbonyl (C=O) groups is 2. The van der Waals surface area contributed by atoms with Crippen LogP contribution in [0.5, 0.6) is 0 Å². The number of carbonyl (C=O) groups excluding carboxylic acids is 2. The molecule has 1 aromatic heterocycles. The van der Waals surface area contributed by atoms with Crippen molar-refractivity contribution < 1.29 is 14.2 Å². The molecule has 0 bridgehead atoms. The molecule has 0 radical (unpaired) electrons. The monoisotopic (exact) mass is 397 g/mol. The standard InChI is InChI=1S/C21H27N5O3/c1-14(27)25-11-7-3-6-10-17-18(25)13-16(12-15-8-4-2-5-9-15)26(17)21(28)19-20(22)24-29-23-19/h2,4-5,8-9,16-18H,3,6-7,10-13H2,1H3,(H2,22,24)/t16-,17-,18+/m1/s1. The Labute approximate surface area is 170 Å². The molecule has 0 unspecified atom stereocenters. The maximum atomic E-state index is 13.4.